The predicted octanol–water partition coefficient (Wildman–Crippen LogP) is 5.99. The lowest BCUT2D eigenvalue weighted by molar-refractivity contribution is -0.0502. The fourth-order valence-corrected chi connectivity index (χ4v) is 6.55. The van der Waals surface area contributed by atoms with Gasteiger partial charge in [-0.25, -0.2) is 4.39 Å². The summed E-state index contributed by atoms with van der Waals surface area (Å²) in [5.41, 5.74) is -5.02. The number of halogens is 4. The molecule has 2 bridgehead atoms. The van der Waals surface area contributed by atoms with Gasteiger partial charge in [0.2, 0.25) is 0 Å². The molecule has 1 aliphatic heterocycles. The van der Waals surface area contributed by atoms with Gasteiger partial charge in [0.05, 0.1) is 5.39 Å². The number of anilines is 1. The van der Waals surface area contributed by atoms with Crippen molar-refractivity contribution in [3.05, 3.63) is 47.9 Å². The first-order chi connectivity index (χ1) is 20.5. The maximum Gasteiger partial charge on any atom is 0.534 e. The summed E-state index contributed by atoms with van der Waals surface area (Å²) < 4.78 is 95.1. The first-order valence-electron chi connectivity index (χ1n) is 13.8. The maximum atomic E-state index is 16.6. The van der Waals surface area contributed by atoms with Crippen LogP contribution in [0.3, 0.4) is 0 Å². The van der Waals surface area contributed by atoms with Crippen LogP contribution < -0.4 is 13.8 Å². The molecule has 1 saturated carbocycles. The largest absolute Gasteiger partial charge is 0.534 e. The minimum Gasteiger partial charge on any atom is -0.468 e. The summed E-state index contributed by atoms with van der Waals surface area (Å²) in [5.74, 6) is 0.150. The number of alkyl halides is 3. The van der Waals surface area contributed by atoms with E-state index in [2.05, 4.69) is 19.1 Å². The van der Waals surface area contributed by atoms with E-state index in [9.17, 15) is 21.6 Å². The predicted molar refractivity (Wildman–Crippen MR) is 151 cm³/mol. The van der Waals surface area contributed by atoms with Crippen LogP contribution in [-0.4, -0.2) is 55.9 Å². The minimum absolute atomic E-state index is 0.0607. The van der Waals surface area contributed by atoms with E-state index < -0.39 is 33.0 Å². The highest BCUT2D eigenvalue weighted by molar-refractivity contribution is 7.87. The van der Waals surface area contributed by atoms with E-state index in [1.807, 2.05) is 30.0 Å². The van der Waals surface area contributed by atoms with Crippen molar-refractivity contribution in [3.8, 4) is 23.0 Å². The average molecular weight is 621 g/mol. The number of aryl methyl sites for hydroxylation is 1. The number of benzene rings is 2. The topological polar surface area (TPSA) is 104 Å². The Morgan fingerprint density at radius 1 is 1.09 bits per heavy atom. The molecule has 228 valence electrons. The molecule has 43 heavy (non-hydrogen) atoms. The standard InChI is InChI=1S/C29H28F4N4O5S/c1-3-18-5-4-6-19-10-20(41-15-40-2)11-21(23(18)19)25-24(30)26-22(12-34-25)27(37-13-16-7-8-17(9-16)14-37)36-28(35-26)42-43(38,39)29(31,32)33/h4-6,10-12,16-17H,3,7-9,13-15H2,1-2H3. The van der Waals surface area contributed by atoms with Crippen LogP contribution in [0.1, 0.15) is 31.7 Å². The van der Waals surface area contributed by atoms with Crippen molar-refractivity contribution in [1.82, 2.24) is 15.0 Å². The number of methoxy groups -OCH3 is 1. The molecule has 4 aromatic rings. The Kier molecular flexibility index (Phi) is 7.53. The van der Waals surface area contributed by atoms with Gasteiger partial charge in [0.25, 0.3) is 0 Å². The van der Waals surface area contributed by atoms with E-state index in [4.69, 9.17) is 9.47 Å². The third kappa shape index (κ3) is 5.42. The molecule has 2 aliphatic rings. The van der Waals surface area contributed by atoms with Gasteiger partial charge in [-0.3, -0.25) is 4.98 Å². The van der Waals surface area contributed by atoms with Crippen molar-refractivity contribution in [1.29, 1.82) is 0 Å². The SMILES string of the molecule is CCc1cccc2cc(OCOC)cc(-c3ncc4c(N5CC6CCC(C6)C5)nc(OS(=O)(=O)C(F)(F)F)nc4c3F)c12. The van der Waals surface area contributed by atoms with Crippen LogP contribution in [0.4, 0.5) is 23.4 Å². The fourth-order valence-electron chi connectivity index (χ4n) is 6.18. The Hall–Kier alpha value is -3.78. The zero-order valence-corrected chi connectivity index (χ0v) is 24.1. The second-order valence-corrected chi connectivity index (χ2v) is 12.4. The second-order valence-electron chi connectivity index (χ2n) is 10.8. The van der Waals surface area contributed by atoms with Gasteiger partial charge in [-0.2, -0.15) is 31.6 Å². The van der Waals surface area contributed by atoms with Gasteiger partial charge in [-0.1, -0.05) is 25.1 Å². The molecule has 0 N–H and O–H groups in total. The first kappa shape index (κ1) is 29.3. The summed E-state index contributed by atoms with van der Waals surface area (Å²) in [6.45, 7) is 2.95. The molecule has 2 aromatic carbocycles. The molecule has 1 saturated heterocycles. The fraction of sp³-hybridized carbons (Fsp3) is 0.414. The highest BCUT2D eigenvalue weighted by Crippen LogP contribution is 2.42. The number of ether oxygens (including phenoxy) is 2. The van der Waals surface area contributed by atoms with Gasteiger partial charge in [0.1, 0.15) is 22.8 Å². The molecule has 2 aromatic heterocycles. The molecule has 0 amide bonds. The highest BCUT2D eigenvalue weighted by atomic mass is 32.2. The number of piperidine rings is 1. The quantitative estimate of drug-likeness (QED) is 0.102. The van der Waals surface area contributed by atoms with E-state index in [1.165, 1.54) is 13.3 Å². The van der Waals surface area contributed by atoms with Crippen LogP contribution in [0.25, 0.3) is 32.9 Å². The number of hydrogen-bond donors (Lipinski definition) is 0. The van der Waals surface area contributed by atoms with Crippen molar-refractivity contribution < 1.29 is 39.6 Å². The van der Waals surface area contributed by atoms with E-state index in [0.29, 0.717) is 48.0 Å². The lowest BCUT2D eigenvalue weighted by Gasteiger charge is -2.33. The molecule has 6 rings (SSSR count). The number of nitrogens with zero attached hydrogens (tertiary/aromatic N) is 4. The van der Waals surface area contributed by atoms with Gasteiger partial charge >= 0.3 is 21.6 Å². The molecular weight excluding hydrogens is 592 g/mol. The van der Waals surface area contributed by atoms with Crippen molar-refractivity contribution in [2.45, 2.75) is 38.1 Å². The summed E-state index contributed by atoms with van der Waals surface area (Å²) >= 11 is 0. The Labute approximate surface area is 244 Å². The summed E-state index contributed by atoms with van der Waals surface area (Å²) in [6.07, 6.45) is 4.97. The Morgan fingerprint density at radius 3 is 2.51 bits per heavy atom. The van der Waals surface area contributed by atoms with Crippen LogP contribution in [-0.2, 0) is 21.3 Å². The number of fused-ring (bicyclic) bond motifs is 4. The molecule has 2 atom stereocenters. The second kappa shape index (κ2) is 11.1. The van der Waals surface area contributed by atoms with Crippen molar-refractivity contribution in [2.75, 3.05) is 31.9 Å². The Bertz CT molecular complexity index is 1810. The van der Waals surface area contributed by atoms with Crippen LogP contribution in [0, 0.1) is 17.7 Å². The van der Waals surface area contributed by atoms with Gasteiger partial charge in [-0.15, -0.1) is 0 Å². The third-order valence-electron chi connectivity index (χ3n) is 8.03. The van der Waals surface area contributed by atoms with Crippen molar-refractivity contribution >= 4 is 37.6 Å². The summed E-state index contributed by atoms with van der Waals surface area (Å²) in [4.78, 5) is 14.2. The van der Waals surface area contributed by atoms with Gasteiger partial charge in [0, 0.05) is 32.0 Å². The molecule has 9 nitrogen and oxygen atoms in total. The molecule has 2 unspecified atom stereocenters. The number of aromatic nitrogens is 3. The number of hydrogen-bond acceptors (Lipinski definition) is 9. The van der Waals surface area contributed by atoms with Gasteiger partial charge in [0.15, 0.2) is 12.6 Å². The molecular formula is C29H28F4N4O5S. The van der Waals surface area contributed by atoms with Gasteiger partial charge in [-0.05, 0) is 66.0 Å². The maximum absolute atomic E-state index is 16.6. The smallest absolute Gasteiger partial charge is 0.468 e. The van der Waals surface area contributed by atoms with E-state index >= 15 is 4.39 Å². The summed E-state index contributed by atoms with van der Waals surface area (Å²) in [6, 6.07) is 7.88. The summed E-state index contributed by atoms with van der Waals surface area (Å²) in [7, 11) is -4.65. The molecule has 2 fully saturated rings. The zero-order chi connectivity index (χ0) is 30.5. The monoisotopic (exact) mass is 620 g/mol. The van der Waals surface area contributed by atoms with Crippen LogP contribution >= 0.6 is 0 Å². The van der Waals surface area contributed by atoms with Crippen LogP contribution in [0.5, 0.6) is 11.8 Å². The van der Waals surface area contributed by atoms with Crippen LogP contribution in [0.15, 0.2) is 36.5 Å². The molecule has 1 aliphatic carbocycles. The Balaban J connectivity index is 1.58. The van der Waals surface area contributed by atoms with E-state index in [1.54, 1.807) is 12.1 Å². The lowest BCUT2D eigenvalue weighted by Crippen LogP contribution is -2.37. The van der Waals surface area contributed by atoms with Gasteiger partial charge < -0.3 is 18.6 Å². The molecule has 0 radical (unpaired) electrons. The van der Waals surface area contributed by atoms with Crippen molar-refractivity contribution in [2.24, 2.45) is 11.8 Å². The van der Waals surface area contributed by atoms with E-state index in [0.717, 1.165) is 30.2 Å². The third-order valence-corrected chi connectivity index (χ3v) is 8.97. The Morgan fingerprint density at radius 2 is 1.84 bits per heavy atom. The normalized spacial score (nSPS) is 18.9. The number of rotatable bonds is 8. The first-order valence-corrected chi connectivity index (χ1v) is 15.2. The number of pyridine rings is 1. The lowest BCUT2D eigenvalue weighted by atomic mass is 9.95. The summed E-state index contributed by atoms with van der Waals surface area (Å²) in [5, 5.41) is 1.58. The van der Waals surface area contributed by atoms with Crippen LogP contribution in [0.2, 0.25) is 0 Å². The molecule has 3 heterocycles. The highest BCUT2D eigenvalue weighted by Gasteiger charge is 2.49. The van der Waals surface area contributed by atoms with E-state index in [-0.39, 0.29) is 23.7 Å². The molecule has 14 heteroatoms. The zero-order valence-electron chi connectivity index (χ0n) is 23.3. The average Bonchev–Trinajstić information content (AvgIpc) is 3.31. The molecule has 0 spiro atoms. The minimum atomic E-state index is -6.11. The van der Waals surface area contributed by atoms with Crippen molar-refractivity contribution in [3.63, 3.8) is 0 Å².